The Kier molecular flexibility index (Phi) is 6.83. The number of nitrogens with one attached hydrogen (secondary N) is 1. The lowest BCUT2D eigenvalue weighted by atomic mass is 10.0. The van der Waals surface area contributed by atoms with Gasteiger partial charge in [0.25, 0.3) is 11.8 Å². The van der Waals surface area contributed by atoms with E-state index in [-0.39, 0.29) is 45.0 Å². The summed E-state index contributed by atoms with van der Waals surface area (Å²) in [6.45, 7) is 0.948. The standard InChI is InChI=1S/C19H16Cl2N2O7S/c1-8(24)30-6-10-7-31-18-13(17(27)23(18)14(10)19(28)29)22-16(26)12(15(20)21)9-3-2-4-11(25)5-9/h2-5,13,18,25H,6-7H2,1H3,(H,22,26)(H,28,29)/t13?,18-/m1/s1. The zero-order chi connectivity index (χ0) is 22.9. The summed E-state index contributed by atoms with van der Waals surface area (Å²) in [5.41, 5.74) is 0.119. The molecule has 0 aromatic heterocycles. The van der Waals surface area contributed by atoms with Crippen molar-refractivity contribution in [1.29, 1.82) is 0 Å². The van der Waals surface area contributed by atoms with E-state index in [9.17, 15) is 29.4 Å². The molecule has 3 rings (SSSR count). The third kappa shape index (κ3) is 4.65. The van der Waals surface area contributed by atoms with E-state index in [0.717, 1.165) is 4.90 Å². The van der Waals surface area contributed by atoms with Crippen molar-refractivity contribution in [2.24, 2.45) is 0 Å². The van der Waals surface area contributed by atoms with Crippen molar-refractivity contribution in [2.75, 3.05) is 12.4 Å². The largest absolute Gasteiger partial charge is 0.508 e. The highest BCUT2D eigenvalue weighted by Crippen LogP contribution is 2.40. The van der Waals surface area contributed by atoms with Crippen LogP contribution in [0.4, 0.5) is 0 Å². The summed E-state index contributed by atoms with van der Waals surface area (Å²) in [5, 5.41) is 21.1. The number of amides is 2. The molecule has 1 aromatic carbocycles. The number of benzene rings is 1. The predicted molar refractivity (Wildman–Crippen MR) is 113 cm³/mol. The number of carboxylic acid groups (broad SMARTS) is 1. The minimum Gasteiger partial charge on any atom is -0.508 e. The molecule has 2 amide bonds. The summed E-state index contributed by atoms with van der Waals surface area (Å²) in [6, 6.07) is 4.69. The molecular weight excluding hydrogens is 471 g/mol. The Morgan fingerprint density at radius 1 is 1.32 bits per heavy atom. The van der Waals surface area contributed by atoms with Crippen molar-refractivity contribution in [3.63, 3.8) is 0 Å². The molecule has 2 aliphatic rings. The quantitative estimate of drug-likeness (QED) is 0.315. The van der Waals surface area contributed by atoms with Gasteiger partial charge in [0.1, 0.15) is 34.0 Å². The van der Waals surface area contributed by atoms with Gasteiger partial charge in [-0.05, 0) is 17.7 Å². The van der Waals surface area contributed by atoms with Crippen molar-refractivity contribution < 1.29 is 34.1 Å². The number of carbonyl (C=O) groups excluding carboxylic acids is 3. The third-order valence-electron chi connectivity index (χ3n) is 4.54. The molecule has 2 heterocycles. The summed E-state index contributed by atoms with van der Waals surface area (Å²) in [4.78, 5) is 49.3. The first-order valence-corrected chi connectivity index (χ1v) is 10.6. The van der Waals surface area contributed by atoms with Crippen LogP contribution in [0.5, 0.6) is 5.75 Å². The summed E-state index contributed by atoms with van der Waals surface area (Å²) in [7, 11) is 0. The van der Waals surface area contributed by atoms with E-state index < -0.39 is 35.2 Å². The van der Waals surface area contributed by atoms with E-state index in [4.69, 9.17) is 27.9 Å². The molecule has 1 saturated heterocycles. The number of hydrogen-bond donors (Lipinski definition) is 3. The number of hydrogen-bond acceptors (Lipinski definition) is 7. The Bertz CT molecular complexity index is 1040. The van der Waals surface area contributed by atoms with Gasteiger partial charge >= 0.3 is 11.9 Å². The second-order valence-corrected chi connectivity index (χ2v) is 8.64. The van der Waals surface area contributed by atoms with Crippen LogP contribution in [0.25, 0.3) is 5.57 Å². The third-order valence-corrected chi connectivity index (χ3v) is 6.25. The van der Waals surface area contributed by atoms with Crippen molar-refractivity contribution in [3.8, 4) is 5.75 Å². The highest BCUT2D eigenvalue weighted by Gasteiger charge is 2.54. The maximum Gasteiger partial charge on any atom is 0.352 e. The van der Waals surface area contributed by atoms with Gasteiger partial charge in [0.15, 0.2) is 0 Å². The summed E-state index contributed by atoms with van der Waals surface area (Å²) >= 11 is 12.9. The van der Waals surface area contributed by atoms with Crippen LogP contribution in [0.2, 0.25) is 0 Å². The van der Waals surface area contributed by atoms with Gasteiger partial charge in [0, 0.05) is 18.2 Å². The zero-order valence-electron chi connectivity index (χ0n) is 15.9. The molecule has 0 aliphatic carbocycles. The Morgan fingerprint density at radius 2 is 2.03 bits per heavy atom. The molecule has 2 aliphatic heterocycles. The Hall–Kier alpha value is -2.69. The minimum absolute atomic E-state index is 0.109. The molecule has 0 spiro atoms. The molecular formula is C19H16Cl2N2O7S. The number of carboxylic acids is 1. The number of esters is 1. The molecule has 3 N–H and O–H groups in total. The van der Waals surface area contributed by atoms with Gasteiger partial charge in [-0.3, -0.25) is 19.3 Å². The molecule has 12 heteroatoms. The van der Waals surface area contributed by atoms with Crippen molar-refractivity contribution >= 4 is 64.3 Å². The SMILES string of the molecule is CC(=O)OCC1=C(C(=O)O)N2C(=O)C(NC(=O)C(=C(Cl)Cl)c3cccc(O)c3)[C@H]2SC1. The first kappa shape index (κ1) is 23.0. The first-order valence-electron chi connectivity index (χ1n) is 8.80. The number of nitrogens with zero attached hydrogens (tertiary/aromatic N) is 1. The molecule has 9 nitrogen and oxygen atoms in total. The second kappa shape index (κ2) is 9.21. The number of fused-ring (bicyclic) bond motifs is 1. The Labute approximate surface area is 190 Å². The normalized spacial score (nSPS) is 19.8. The van der Waals surface area contributed by atoms with Gasteiger partial charge in [-0.1, -0.05) is 35.3 Å². The van der Waals surface area contributed by atoms with Crippen LogP contribution in [-0.4, -0.2) is 62.6 Å². The van der Waals surface area contributed by atoms with Crippen LogP contribution >= 0.6 is 35.0 Å². The number of aliphatic carboxylic acids is 1. The predicted octanol–water partition coefficient (Wildman–Crippen LogP) is 1.84. The monoisotopic (exact) mass is 486 g/mol. The fraction of sp³-hybridized carbons (Fsp3) is 0.263. The van der Waals surface area contributed by atoms with Crippen molar-refractivity contribution in [1.82, 2.24) is 10.2 Å². The lowest BCUT2D eigenvalue weighted by molar-refractivity contribution is -0.150. The fourth-order valence-corrected chi connectivity index (χ4v) is 4.90. The first-order chi connectivity index (χ1) is 14.6. The maximum absolute atomic E-state index is 12.8. The maximum atomic E-state index is 12.8. The number of halogens is 2. The van der Waals surface area contributed by atoms with E-state index in [1.807, 2.05) is 0 Å². The number of carbonyl (C=O) groups is 4. The van der Waals surface area contributed by atoms with Crippen molar-refractivity contribution in [3.05, 3.63) is 45.6 Å². The van der Waals surface area contributed by atoms with E-state index in [0.29, 0.717) is 0 Å². The average molecular weight is 487 g/mol. The second-order valence-electron chi connectivity index (χ2n) is 6.58. The highest BCUT2D eigenvalue weighted by atomic mass is 35.5. The fourth-order valence-electron chi connectivity index (χ4n) is 3.18. The zero-order valence-corrected chi connectivity index (χ0v) is 18.3. The Morgan fingerprint density at radius 3 is 2.61 bits per heavy atom. The molecule has 1 fully saturated rings. The number of thioether (sulfide) groups is 1. The van der Waals surface area contributed by atoms with Gasteiger partial charge in [0.2, 0.25) is 0 Å². The number of ether oxygens (including phenoxy) is 1. The van der Waals surface area contributed by atoms with E-state index >= 15 is 0 Å². The number of β-lactam (4-membered cyclic amide) rings is 1. The molecule has 1 aromatic rings. The van der Waals surface area contributed by atoms with Gasteiger partial charge < -0.3 is 20.3 Å². The summed E-state index contributed by atoms with van der Waals surface area (Å²) in [6.07, 6.45) is 0. The number of aromatic hydroxyl groups is 1. The van der Waals surface area contributed by atoms with E-state index in [1.54, 1.807) is 0 Å². The lowest BCUT2D eigenvalue weighted by Gasteiger charge is -2.49. The lowest BCUT2D eigenvalue weighted by Crippen LogP contribution is -2.70. The van der Waals surface area contributed by atoms with Gasteiger partial charge in [-0.15, -0.1) is 11.8 Å². The van der Waals surface area contributed by atoms with Gasteiger partial charge in [0.05, 0.1) is 5.57 Å². The topological polar surface area (TPSA) is 133 Å². The Balaban J connectivity index is 1.81. The van der Waals surface area contributed by atoms with Crippen LogP contribution in [-0.2, 0) is 23.9 Å². The van der Waals surface area contributed by atoms with Gasteiger partial charge in [-0.2, -0.15) is 0 Å². The molecule has 0 saturated carbocycles. The minimum atomic E-state index is -1.34. The van der Waals surface area contributed by atoms with E-state index in [1.165, 1.54) is 43.0 Å². The number of phenols is 1. The summed E-state index contributed by atoms with van der Waals surface area (Å²) in [5.74, 6) is -3.22. The number of rotatable bonds is 6. The van der Waals surface area contributed by atoms with Crippen LogP contribution in [0, 0.1) is 0 Å². The van der Waals surface area contributed by atoms with Crippen molar-refractivity contribution in [2.45, 2.75) is 18.3 Å². The van der Waals surface area contributed by atoms with Crippen LogP contribution in [0.3, 0.4) is 0 Å². The highest BCUT2D eigenvalue weighted by molar-refractivity contribution is 8.00. The molecule has 164 valence electrons. The smallest absolute Gasteiger partial charge is 0.352 e. The van der Waals surface area contributed by atoms with Crippen LogP contribution in [0.1, 0.15) is 12.5 Å². The molecule has 31 heavy (non-hydrogen) atoms. The molecule has 0 radical (unpaired) electrons. The van der Waals surface area contributed by atoms with E-state index in [2.05, 4.69) is 5.32 Å². The average Bonchev–Trinajstić information content (AvgIpc) is 2.69. The van der Waals surface area contributed by atoms with Crippen LogP contribution in [0.15, 0.2) is 40.0 Å². The number of phenolic OH excluding ortho intramolecular Hbond substituents is 1. The molecule has 0 bridgehead atoms. The van der Waals surface area contributed by atoms with Gasteiger partial charge in [-0.25, -0.2) is 4.79 Å². The molecule has 1 unspecified atom stereocenters. The molecule has 2 atom stereocenters. The summed E-state index contributed by atoms with van der Waals surface area (Å²) < 4.78 is 4.51. The van der Waals surface area contributed by atoms with Crippen LogP contribution < -0.4 is 5.32 Å².